The van der Waals surface area contributed by atoms with Crippen molar-refractivity contribution in [2.75, 3.05) is 13.2 Å². The second-order valence-corrected chi connectivity index (χ2v) is 6.88. The van der Waals surface area contributed by atoms with Crippen molar-refractivity contribution in [3.05, 3.63) is 35.4 Å². The van der Waals surface area contributed by atoms with Crippen molar-refractivity contribution < 1.29 is 28.6 Å². The Labute approximate surface area is 145 Å². The summed E-state index contributed by atoms with van der Waals surface area (Å²) in [5, 5.41) is 24.1. The fourth-order valence-corrected chi connectivity index (χ4v) is 1.98. The summed E-state index contributed by atoms with van der Waals surface area (Å²) in [6, 6.07) is 1.99. The minimum absolute atomic E-state index is 0.117. The van der Waals surface area contributed by atoms with Gasteiger partial charge in [-0.3, -0.25) is 9.59 Å². The molecule has 1 aromatic carbocycles. The zero-order valence-electron chi connectivity index (χ0n) is 14.5. The summed E-state index contributed by atoms with van der Waals surface area (Å²) in [6.07, 6.45) is -0.579. The molecule has 2 atom stereocenters. The fourth-order valence-electron chi connectivity index (χ4n) is 1.98. The summed E-state index contributed by atoms with van der Waals surface area (Å²) in [6.45, 7) is 4.72. The monoisotopic (exact) mass is 358 g/mol. The van der Waals surface area contributed by atoms with E-state index in [0.717, 1.165) is 18.2 Å². The molecule has 6 nitrogen and oxygen atoms in total. The first kappa shape index (κ1) is 21.0. The van der Waals surface area contributed by atoms with E-state index < -0.39 is 47.6 Å². The van der Waals surface area contributed by atoms with Gasteiger partial charge in [-0.15, -0.1) is 0 Å². The molecule has 0 aromatic heterocycles. The molecule has 0 heterocycles. The average Bonchev–Trinajstić information content (AvgIpc) is 2.53. The van der Waals surface area contributed by atoms with Crippen molar-refractivity contribution in [3.63, 3.8) is 0 Å². The highest BCUT2D eigenvalue weighted by Crippen LogP contribution is 2.22. The minimum atomic E-state index is -1.16. The number of nitrogens with one attached hydrogen (secondary N) is 2. The quantitative estimate of drug-likeness (QED) is 0.584. The summed E-state index contributed by atoms with van der Waals surface area (Å²) < 4.78 is 25.9. The van der Waals surface area contributed by atoms with E-state index in [4.69, 9.17) is 0 Å². The second kappa shape index (κ2) is 8.87. The first-order valence-corrected chi connectivity index (χ1v) is 7.86. The van der Waals surface area contributed by atoms with Crippen LogP contribution >= 0.6 is 0 Å². The van der Waals surface area contributed by atoms with Crippen molar-refractivity contribution in [1.82, 2.24) is 10.6 Å². The maximum Gasteiger partial charge on any atom is 0.251 e. The summed E-state index contributed by atoms with van der Waals surface area (Å²) in [5.41, 5.74) is -0.521. The van der Waals surface area contributed by atoms with Gasteiger partial charge in [0.2, 0.25) is 5.91 Å². The lowest BCUT2D eigenvalue weighted by Gasteiger charge is -2.29. The van der Waals surface area contributed by atoms with Gasteiger partial charge in [0.15, 0.2) is 11.6 Å². The van der Waals surface area contributed by atoms with Gasteiger partial charge in [-0.25, -0.2) is 8.78 Å². The predicted molar refractivity (Wildman–Crippen MR) is 87.8 cm³/mol. The molecule has 0 radical (unpaired) electrons. The highest BCUT2D eigenvalue weighted by atomic mass is 19.2. The van der Waals surface area contributed by atoms with Crippen molar-refractivity contribution in [3.8, 4) is 0 Å². The van der Waals surface area contributed by atoms with E-state index in [2.05, 4.69) is 10.6 Å². The Balaban J connectivity index is 2.52. The molecule has 0 bridgehead atoms. The van der Waals surface area contributed by atoms with Crippen LogP contribution in [0.3, 0.4) is 0 Å². The molecule has 8 heteroatoms. The van der Waals surface area contributed by atoms with E-state index in [-0.39, 0.29) is 18.6 Å². The third kappa shape index (κ3) is 6.75. The van der Waals surface area contributed by atoms with Gasteiger partial charge in [-0.05, 0) is 30.0 Å². The van der Waals surface area contributed by atoms with Crippen LogP contribution in [0.5, 0.6) is 0 Å². The van der Waals surface area contributed by atoms with Gasteiger partial charge in [0.05, 0.1) is 25.3 Å². The summed E-state index contributed by atoms with van der Waals surface area (Å²) in [4.78, 5) is 23.7. The van der Waals surface area contributed by atoms with Gasteiger partial charge in [-0.2, -0.15) is 0 Å². The number of hydrogen-bond donors (Lipinski definition) is 4. The Hall–Kier alpha value is -2.06. The molecule has 0 saturated carbocycles. The second-order valence-electron chi connectivity index (χ2n) is 6.88. The molecule has 0 fully saturated rings. The van der Waals surface area contributed by atoms with E-state index in [0.29, 0.717) is 0 Å². The molecule has 0 unspecified atom stereocenters. The SMILES string of the molecule is CC(C)(C)[C@@H](O)C[C@H](CO)NC(=O)CNC(=O)c1ccc(F)c(F)c1. The van der Waals surface area contributed by atoms with E-state index in [1.165, 1.54) is 0 Å². The molecule has 0 saturated heterocycles. The molecule has 0 spiro atoms. The van der Waals surface area contributed by atoms with Crippen LogP contribution in [0.4, 0.5) is 8.78 Å². The highest BCUT2D eigenvalue weighted by Gasteiger charge is 2.26. The Morgan fingerprint density at radius 3 is 2.36 bits per heavy atom. The number of halogens is 2. The number of amides is 2. The number of aliphatic hydroxyl groups excluding tert-OH is 2. The highest BCUT2D eigenvalue weighted by molar-refractivity contribution is 5.96. The van der Waals surface area contributed by atoms with Gasteiger partial charge in [0.25, 0.3) is 5.91 Å². The maximum atomic E-state index is 13.1. The fraction of sp³-hybridized carbons (Fsp3) is 0.529. The van der Waals surface area contributed by atoms with Gasteiger partial charge in [0.1, 0.15) is 0 Å². The first-order chi connectivity index (χ1) is 11.5. The number of hydrogen-bond acceptors (Lipinski definition) is 4. The Morgan fingerprint density at radius 2 is 1.84 bits per heavy atom. The van der Waals surface area contributed by atoms with Crippen molar-refractivity contribution >= 4 is 11.8 Å². The van der Waals surface area contributed by atoms with Crippen LogP contribution in [0, 0.1) is 17.0 Å². The van der Waals surface area contributed by atoms with Gasteiger partial charge in [0, 0.05) is 5.56 Å². The van der Waals surface area contributed by atoms with Crippen LogP contribution in [0.2, 0.25) is 0 Å². The van der Waals surface area contributed by atoms with E-state index >= 15 is 0 Å². The molecule has 2 amide bonds. The Kier molecular flexibility index (Phi) is 7.44. The molecule has 0 aliphatic rings. The molecule has 4 N–H and O–H groups in total. The first-order valence-electron chi connectivity index (χ1n) is 7.86. The summed E-state index contributed by atoms with van der Waals surface area (Å²) >= 11 is 0. The Morgan fingerprint density at radius 1 is 1.20 bits per heavy atom. The van der Waals surface area contributed by atoms with Crippen LogP contribution in [-0.2, 0) is 4.79 Å². The van der Waals surface area contributed by atoms with Gasteiger partial charge >= 0.3 is 0 Å². The zero-order valence-corrected chi connectivity index (χ0v) is 14.5. The molecular formula is C17H24F2N2O4. The van der Waals surface area contributed by atoms with Crippen LogP contribution in [0.15, 0.2) is 18.2 Å². The molecule has 0 aliphatic carbocycles. The van der Waals surface area contributed by atoms with E-state index in [1.807, 2.05) is 20.8 Å². The zero-order chi connectivity index (χ0) is 19.2. The lowest BCUT2D eigenvalue weighted by molar-refractivity contribution is -0.121. The molecule has 0 aliphatic heterocycles. The largest absolute Gasteiger partial charge is 0.394 e. The number of rotatable bonds is 7. The van der Waals surface area contributed by atoms with Crippen LogP contribution < -0.4 is 10.6 Å². The lowest BCUT2D eigenvalue weighted by atomic mass is 9.85. The number of carbonyl (C=O) groups excluding carboxylic acids is 2. The van der Waals surface area contributed by atoms with Gasteiger partial charge < -0.3 is 20.8 Å². The molecular weight excluding hydrogens is 334 g/mol. The number of carbonyl (C=O) groups is 2. The molecule has 140 valence electrons. The van der Waals surface area contributed by atoms with Crippen molar-refractivity contribution in [1.29, 1.82) is 0 Å². The summed E-state index contributed by atoms with van der Waals surface area (Å²) in [5.74, 6) is -3.54. The Bertz CT molecular complexity index is 617. The van der Waals surface area contributed by atoms with Crippen LogP contribution in [0.25, 0.3) is 0 Å². The average molecular weight is 358 g/mol. The summed E-state index contributed by atoms with van der Waals surface area (Å²) in [7, 11) is 0. The molecule has 1 aromatic rings. The lowest BCUT2D eigenvalue weighted by Crippen LogP contribution is -2.46. The molecule has 25 heavy (non-hydrogen) atoms. The topological polar surface area (TPSA) is 98.7 Å². The maximum absolute atomic E-state index is 13.1. The van der Waals surface area contributed by atoms with Gasteiger partial charge in [-0.1, -0.05) is 20.8 Å². The smallest absolute Gasteiger partial charge is 0.251 e. The van der Waals surface area contributed by atoms with Crippen molar-refractivity contribution in [2.24, 2.45) is 5.41 Å². The minimum Gasteiger partial charge on any atom is -0.394 e. The van der Waals surface area contributed by atoms with E-state index in [1.54, 1.807) is 0 Å². The van der Waals surface area contributed by atoms with Crippen molar-refractivity contribution in [2.45, 2.75) is 39.3 Å². The standard InChI is InChI=1S/C17H24F2N2O4/c1-17(2,3)14(23)7-11(9-22)21-15(24)8-20-16(25)10-4-5-12(18)13(19)6-10/h4-6,11,14,22-23H,7-9H2,1-3H3,(H,20,25)(H,21,24)/t11-,14+/m1/s1. The van der Waals surface area contributed by atoms with E-state index in [9.17, 15) is 28.6 Å². The van der Waals surface area contributed by atoms with Crippen LogP contribution in [-0.4, -0.2) is 47.3 Å². The molecule has 1 rings (SSSR count). The normalized spacial score (nSPS) is 13.9. The predicted octanol–water partition coefficient (Wildman–Crippen LogP) is 0.969. The third-order valence-electron chi connectivity index (χ3n) is 3.68. The third-order valence-corrected chi connectivity index (χ3v) is 3.68. The number of aliphatic hydroxyl groups is 2. The number of benzene rings is 1. The van der Waals surface area contributed by atoms with Crippen LogP contribution in [0.1, 0.15) is 37.6 Å².